The van der Waals surface area contributed by atoms with Crippen LogP contribution < -0.4 is 10.1 Å². The van der Waals surface area contributed by atoms with E-state index >= 15 is 0 Å². The van der Waals surface area contributed by atoms with Gasteiger partial charge in [0.15, 0.2) is 0 Å². The van der Waals surface area contributed by atoms with Crippen LogP contribution in [0.1, 0.15) is 65.0 Å². The summed E-state index contributed by atoms with van der Waals surface area (Å²) >= 11 is 1.52. The Labute approximate surface area is 216 Å². The number of piperidine rings is 1. The number of hydrogen-bond acceptors (Lipinski definition) is 7. The second-order valence-electron chi connectivity index (χ2n) is 9.44. The zero-order valence-electron chi connectivity index (χ0n) is 21.2. The Hall–Kier alpha value is -3.04. The second-order valence-corrected chi connectivity index (χ2v) is 10.3. The zero-order chi connectivity index (χ0) is 25.5. The minimum absolute atomic E-state index is 0.0888. The largest absolute Gasteiger partial charge is 0.496 e. The van der Waals surface area contributed by atoms with Gasteiger partial charge in [-0.25, -0.2) is 9.97 Å². The predicted molar refractivity (Wildman–Crippen MR) is 141 cm³/mol. The van der Waals surface area contributed by atoms with Gasteiger partial charge >= 0.3 is 0 Å². The molecule has 0 unspecified atom stereocenters. The van der Waals surface area contributed by atoms with Gasteiger partial charge in [0.05, 0.1) is 17.6 Å². The summed E-state index contributed by atoms with van der Waals surface area (Å²) < 4.78 is 11.0. The van der Waals surface area contributed by atoms with Gasteiger partial charge in [-0.1, -0.05) is 26.0 Å². The molecule has 0 spiro atoms. The van der Waals surface area contributed by atoms with E-state index in [0.717, 1.165) is 41.8 Å². The predicted octanol–water partition coefficient (Wildman–Crippen LogP) is 4.51. The van der Waals surface area contributed by atoms with Crippen LogP contribution in [-0.4, -0.2) is 66.6 Å². The van der Waals surface area contributed by atoms with E-state index < -0.39 is 0 Å². The monoisotopic (exact) mass is 510 g/mol. The van der Waals surface area contributed by atoms with Crippen LogP contribution in [0.15, 0.2) is 35.7 Å². The number of carbonyl (C=O) groups is 2. The van der Waals surface area contributed by atoms with Crippen LogP contribution >= 0.6 is 11.3 Å². The molecule has 1 saturated heterocycles. The molecular formula is C27H34N4O4S. The summed E-state index contributed by atoms with van der Waals surface area (Å²) in [5, 5.41) is 6.59. The van der Waals surface area contributed by atoms with Gasteiger partial charge < -0.3 is 19.7 Å². The van der Waals surface area contributed by atoms with Crippen molar-refractivity contribution in [2.45, 2.75) is 39.0 Å². The SMILES string of the molecule is COc1cc(C(=O)N2CCC(c3nc(C(=O)NCCCOCC(C)C)cs3)CC2)nc2ccccc12. The molecule has 0 aliphatic carbocycles. The van der Waals surface area contributed by atoms with Crippen molar-refractivity contribution in [2.24, 2.45) is 5.92 Å². The number of para-hydroxylation sites is 1. The molecule has 9 heteroatoms. The third kappa shape index (κ3) is 6.39. The zero-order valence-corrected chi connectivity index (χ0v) is 22.0. The first-order valence-electron chi connectivity index (χ1n) is 12.5. The molecule has 1 aliphatic heterocycles. The van der Waals surface area contributed by atoms with Crippen LogP contribution in [0.3, 0.4) is 0 Å². The summed E-state index contributed by atoms with van der Waals surface area (Å²) in [4.78, 5) is 36.6. The first-order chi connectivity index (χ1) is 17.5. The fourth-order valence-electron chi connectivity index (χ4n) is 4.28. The number of ether oxygens (including phenoxy) is 2. The molecule has 0 atom stereocenters. The molecule has 1 fully saturated rings. The molecule has 3 aromatic rings. The number of nitrogens with one attached hydrogen (secondary N) is 1. The van der Waals surface area contributed by atoms with E-state index in [9.17, 15) is 9.59 Å². The second kappa shape index (κ2) is 12.3. The lowest BCUT2D eigenvalue weighted by atomic mass is 9.97. The lowest BCUT2D eigenvalue weighted by molar-refractivity contribution is 0.0707. The van der Waals surface area contributed by atoms with Crippen molar-refractivity contribution in [1.29, 1.82) is 0 Å². The van der Waals surface area contributed by atoms with Crippen LogP contribution in [0, 0.1) is 5.92 Å². The molecule has 4 rings (SSSR count). The van der Waals surface area contributed by atoms with E-state index in [1.165, 1.54) is 11.3 Å². The van der Waals surface area contributed by atoms with Crippen molar-refractivity contribution in [1.82, 2.24) is 20.2 Å². The molecule has 36 heavy (non-hydrogen) atoms. The molecule has 1 N–H and O–H groups in total. The highest BCUT2D eigenvalue weighted by Crippen LogP contribution is 2.31. The number of thiazole rings is 1. The topological polar surface area (TPSA) is 93.7 Å². The minimum Gasteiger partial charge on any atom is -0.496 e. The Morgan fingerprint density at radius 2 is 1.94 bits per heavy atom. The highest BCUT2D eigenvalue weighted by molar-refractivity contribution is 7.09. The number of methoxy groups -OCH3 is 1. The van der Waals surface area contributed by atoms with Gasteiger partial charge in [-0.2, -0.15) is 0 Å². The Morgan fingerprint density at radius 1 is 1.17 bits per heavy atom. The molecule has 2 aromatic heterocycles. The number of aromatic nitrogens is 2. The van der Waals surface area contributed by atoms with Gasteiger partial charge in [0, 0.05) is 55.6 Å². The smallest absolute Gasteiger partial charge is 0.272 e. The Kier molecular flexibility index (Phi) is 8.88. The van der Waals surface area contributed by atoms with Gasteiger partial charge in [-0.05, 0) is 37.3 Å². The van der Waals surface area contributed by atoms with E-state index in [1.807, 2.05) is 34.5 Å². The summed E-state index contributed by atoms with van der Waals surface area (Å²) in [6.45, 7) is 7.42. The first-order valence-corrected chi connectivity index (χ1v) is 13.4. The lowest BCUT2D eigenvalue weighted by Gasteiger charge is -2.31. The number of fused-ring (bicyclic) bond motifs is 1. The molecule has 0 saturated carbocycles. The standard InChI is InChI=1S/C27H34N4O4S/c1-18(2)16-35-14-6-11-28-25(32)23-17-36-26(30-23)19-9-12-31(13-10-19)27(33)22-15-24(34-3)20-7-4-5-8-21(20)29-22/h4-5,7-8,15,17-19H,6,9-14,16H2,1-3H3,(H,28,32). The molecule has 0 bridgehead atoms. The van der Waals surface area contributed by atoms with Gasteiger partial charge in [0.1, 0.15) is 17.1 Å². The first kappa shape index (κ1) is 26.0. The molecule has 1 aromatic carbocycles. The maximum Gasteiger partial charge on any atom is 0.272 e. The number of nitrogens with zero attached hydrogens (tertiary/aromatic N) is 3. The maximum absolute atomic E-state index is 13.2. The average Bonchev–Trinajstić information content (AvgIpc) is 3.40. The van der Waals surface area contributed by atoms with Crippen LogP contribution in [-0.2, 0) is 4.74 Å². The van der Waals surface area contributed by atoms with E-state index in [-0.39, 0.29) is 17.7 Å². The summed E-state index contributed by atoms with van der Waals surface area (Å²) in [5.41, 5.74) is 1.60. The number of hydrogen-bond donors (Lipinski definition) is 1. The Balaban J connectivity index is 1.28. The van der Waals surface area contributed by atoms with Crippen LogP contribution in [0.4, 0.5) is 0 Å². The highest BCUT2D eigenvalue weighted by atomic mass is 32.1. The molecule has 192 valence electrons. The van der Waals surface area contributed by atoms with Crippen molar-refractivity contribution in [3.05, 3.63) is 52.1 Å². The fourth-order valence-corrected chi connectivity index (χ4v) is 5.25. The Bertz CT molecular complexity index is 1190. The summed E-state index contributed by atoms with van der Waals surface area (Å²) in [6, 6.07) is 9.37. The number of carbonyl (C=O) groups excluding carboxylic acids is 2. The van der Waals surface area contributed by atoms with Crippen molar-refractivity contribution < 1.29 is 19.1 Å². The fraction of sp³-hybridized carbons (Fsp3) is 0.481. The van der Waals surface area contributed by atoms with Crippen LogP contribution in [0.2, 0.25) is 0 Å². The van der Waals surface area contributed by atoms with Crippen LogP contribution in [0.5, 0.6) is 5.75 Å². The molecular weight excluding hydrogens is 476 g/mol. The molecule has 0 radical (unpaired) electrons. The summed E-state index contributed by atoms with van der Waals surface area (Å²) in [7, 11) is 1.60. The van der Waals surface area contributed by atoms with E-state index in [2.05, 4.69) is 29.1 Å². The minimum atomic E-state index is -0.148. The molecule has 8 nitrogen and oxygen atoms in total. The van der Waals surface area contributed by atoms with Crippen molar-refractivity contribution >= 4 is 34.1 Å². The maximum atomic E-state index is 13.2. The normalized spacial score (nSPS) is 14.4. The van der Waals surface area contributed by atoms with Gasteiger partial charge in [0.25, 0.3) is 11.8 Å². The molecule has 2 amide bonds. The third-order valence-electron chi connectivity index (χ3n) is 6.21. The van der Waals surface area contributed by atoms with Crippen molar-refractivity contribution in [3.63, 3.8) is 0 Å². The quantitative estimate of drug-likeness (QED) is 0.403. The average molecular weight is 511 g/mol. The third-order valence-corrected chi connectivity index (χ3v) is 7.21. The van der Waals surface area contributed by atoms with E-state index in [4.69, 9.17) is 9.47 Å². The van der Waals surface area contributed by atoms with Gasteiger partial charge in [0.2, 0.25) is 0 Å². The molecule has 3 heterocycles. The summed E-state index contributed by atoms with van der Waals surface area (Å²) in [5.74, 6) is 1.16. The van der Waals surface area contributed by atoms with Crippen molar-refractivity contribution in [2.75, 3.05) is 40.0 Å². The number of rotatable bonds is 10. The number of likely N-dealkylation sites (tertiary alicyclic amines) is 1. The van der Waals surface area contributed by atoms with Crippen molar-refractivity contribution in [3.8, 4) is 5.75 Å². The van der Waals surface area contributed by atoms with Crippen LogP contribution in [0.25, 0.3) is 10.9 Å². The molecule has 1 aliphatic rings. The highest BCUT2D eigenvalue weighted by Gasteiger charge is 2.28. The number of pyridine rings is 1. The van der Waals surface area contributed by atoms with E-state index in [0.29, 0.717) is 49.3 Å². The van der Waals surface area contributed by atoms with Gasteiger partial charge in [-0.3, -0.25) is 9.59 Å². The van der Waals surface area contributed by atoms with Gasteiger partial charge in [-0.15, -0.1) is 11.3 Å². The summed E-state index contributed by atoms with van der Waals surface area (Å²) in [6.07, 6.45) is 2.39. The number of benzene rings is 1. The number of amides is 2. The van der Waals surface area contributed by atoms with E-state index in [1.54, 1.807) is 13.2 Å². The lowest BCUT2D eigenvalue weighted by Crippen LogP contribution is -2.38. The Morgan fingerprint density at radius 3 is 2.69 bits per heavy atom.